The van der Waals surface area contributed by atoms with Gasteiger partial charge in [-0.2, -0.15) is 0 Å². The van der Waals surface area contributed by atoms with Gasteiger partial charge in [0.05, 0.1) is 6.61 Å². The van der Waals surface area contributed by atoms with Crippen LogP contribution in [0.5, 0.6) is 0 Å². The zero-order valence-corrected chi connectivity index (χ0v) is 7.23. The van der Waals surface area contributed by atoms with Crippen LogP contribution in [-0.2, 0) is 4.74 Å². The van der Waals surface area contributed by atoms with Gasteiger partial charge in [-0.15, -0.1) is 0 Å². The first-order valence-electron chi connectivity index (χ1n) is 4.07. The van der Waals surface area contributed by atoms with Crippen LogP contribution < -0.4 is 11.1 Å². The third-order valence-electron chi connectivity index (χ3n) is 1.24. The highest BCUT2D eigenvalue weighted by molar-refractivity contribution is 4.78. The number of rotatable bonds is 7. The predicted molar refractivity (Wildman–Crippen MR) is 47.1 cm³/mol. The van der Waals surface area contributed by atoms with Crippen molar-refractivity contribution in [2.24, 2.45) is 5.73 Å². The van der Waals surface area contributed by atoms with E-state index in [0.29, 0.717) is 12.4 Å². The van der Waals surface area contributed by atoms with Crippen molar-refractivity contribution < 1.29 is 4.74 Å². The topological polar surface area (TPSA) is 47.3 Å². The largest absolute Gasteiger partial charge is 0.480 e. The molecule has 0 aliphatic heterocycles. The van der Waals surface area contributed by atoms with Crippen molar-refractivity contribution in [3.63, 3.8) is 0 Å². The lowest BCUT2D eigenvalue weighted by molar-refractivity contribution is 0.189. The molecule has 0 heterocycles. The summed E-state index contributed by atoms with van der Waals surface area (Å²) in [5.41, 5.74) is 5.27. The van der Waals surface area contributed by atoms with Crippen molar-refractivity contribution in [3.8, 4) is 0 Å². The second kappa shape index (κ2) is 7.41. The van der Waals surface area contributed by atoms with Crippen LogP contribution in [0.3, 0.4) is 0 Å². The summed E-state index contributed by atoms with van der Waals surface area (Å²) in [7, 11) is 0. The zero-order chi connectivity index (χ0) is 8.53. The second-order valence-electron chi connectivity index (χ2n) is 2.34. The molecule has 0 rings (SSSR count). The van der Waals surface area contributed by atoms with Crippen LogP contribution in [0, 0.1) is 0 Å². The fraction of sp³-hybridized carbons (Fsp3) is 0.750. The highest BCUT2D eigenvalue weighted by atomic mass is 16.5. The van der Waals surface area contributed by atoms with Gasteiger partial charge in [-0.05, 0) is 13.0 Å². The van der Waals surface area contributed by atoms with Crippen LogP contribution in [0.2, 0.25) is 0 Å². The van der Waals surface area contributed by atoms with Gasteiger partial charge < -0.3 is 15.8 Å². The third kappa shape index (κ3) is 7.19. The summed E-state index contributed by atoms with van der Waals surface area (Å²) in [4.78, 5) is 0. The van der Waals surface area contributed by atoms with E-state index >= 15 is 0 Å². The average molecular weight is 158 g/mol. The highest BCUT2D eigenvalue weighted by Crippen LogP contribution is 1.92. The van der Waals surface area contributed by atoms with E-state index in [1.807, 2.05) is 0 Å². The molecule has 0 aromatic carbocycles. The van der Waals surface area contributed by atoms with Gasteiger partial charge in [0.2, 0.25) is 0 Å². The number of hydrogen-bond acceptors (Lipinski definition) is 3. The van der Waals surface area contributed by atoms with E-state index in [2.05, 4.69) is 18.8 Å². The van der Waals surface area contributed by atoms with E-state index in [-0.39, 0.29) is 0 Å². The van der Waals surface area contributed by atoms with Crippen LogP contribution in [0.1, 0.15) is 19.8 Å². The number of nitrogens with two attached hydrogens (primary N) is 1. The summed E-state index contributed by atoms with van der Waals surface area (Å²) in [6.07, 6.45) is 2.22. The Morgan fingerprint density at radius 2 is 2.36 bits per heavy atom. The number of unbranched alkanes of at least 4 members (excludes halogenated alkanes) is 1. The molecule has 66 valence electrons. The lowest BCUT2D eigenvalue weighted by Gasteiger charge is -2.09. The molecule has 0 bridgehead atoms. The van der Waals surface area contributed by atoms with Gasteiger partial charge in [0.1, 0.15) is 0 Å². The van der Waals surface area contributed by atoms with E-state index in [0.717, 1.165) is 26.0 Å². The predicted octanol–water partition coefficient (Wildman–Crippen LogP) is 0.823. The number of hydrogen-bond donors (Lipinski definition) is 2. The molecule has 0 radical (unpaired) electrons. The Kier molecular flexibility index (Phi) is 6.94. The van der Waals surface area contributed by atoms with Crippen molar-refractivity contribution >= 4 is 0 Å². The Balaban J connectivity index is 3.09. The molecule has 0 fully saturated rings. The molecule has 0 saturated heterocycles. The van der Waals surface area contributed by atoms with E-state index in [1.54, 1.807) is 0 Å². The van der Waals surface area contributed by atoms with Gasteiger partial charge in [0.15, 0.2) is 5.88 Å². The maximum absolute atomic E-state index is 5.27. The Labute approximate surface area is 68.6 Å². The Morgan fingerprint density at radius 3 is 2.91 bits per heavy atom. The molecule has 0 amide bonds. The fourth-order valence-corrected chi connectivity index (χ4v) is 0.602. The molecule has 0 spiro atoms. The van der Waals surface area contributed by atoms with Crippen LogP contribution in [0.4, 0.5) is 0 Å². The van der Waals surface area contributed by atoms with Crippen molar-refractivity contribution in [2.45, 2.75) is 19.8 Å². The first kappa shape index (κ1) is 10.3. The maximum Gasteiger partial charge on any atom is 0.179 e. The molecule has 3 heteroatoms. The van der Waals surface area contributed by atoms with Gasteiger partial charge in [0.25, 0.3) is 0 Å². The maximum atomic E-state index is 5.27. The van der Waals surface area contributed by atoms with Crippen molar-refractivity contribution in [1.82, 2.24) is 5.32 Å². The van der Waals surface area contributed by atoms with Crippen LogP contribution >= 0.6 is 0 Å². The molecule has 11 heavy (non-hydrogen) atoms. The third-order valence-corrected chi connectivity index (χ3v) is 1.24. The SMILES string of the molecule is C=C(NCCN)OCCCC. The zero-order valence-electron chi connectivity index (χ0n) is 7.23. The fourth-order valence-electron chi connectivity index (χ4n) is 0.602. The molecule has 0 saturated carbocycles. The van der Waals surface area contributed by atoms with Gasteiger partial charge >= 0.3 is 0 Å². The summed E-state index contributed by atoms with van der Waals surface area (Å²) in [5, 5.41) is 2.95. The second-order valence-corrected chi connectivity index (χ2v) is 2.34. The average Bonchev–Trinajstić information content (AvgIpc) is 2.01. The molecule has 0 atom stereocenters. The Bertz CT molecular complexity index is 104. The summed E-state index contributed by atoms with van der Waals surface area (Å²) in [6, 6.07) is 0. The summed E-state index contributed by atoms with van der Waals surface area (Å²) in [5.74, 6) is 0.629. The van der Waals surface area contributed by atoms with Gasteiger partial charge in [-0.1, -0.05) is 13.3 Å². The van der Waals surface area contributed by atoms with Gasteiger partial charge in [-0.3, -0.25) is 0 Å². The summed E-state index contributed by atoms with van der Waals surface area (Å²) < 4.78 is 5.22. The molecule has 0 aliphatic carbocycles. The van der Waals surface area contributed by atoms with Gasteiger partial charge in [-0.25, -0.2) is 0 Å². The van der Waals surface area contributed by atoms with Crippen LogP contribution in [0.15, 0.2) is 12.5 Å². The first-order chi connectivity index (χ1) is 5.31. The summed E-state index contributed by atoms with van der Waals surface area (Å²) in [6.45, 7) is 7.88. The number of nitrogens with one attached hydrogen (secondary N) is 1. The number of ether oxygens (including phenoxy) is 1. The molecule has 0 aliphatic rings. The molecule has 0 aromatic rings. The van der Waals surface area contributed by atoms with Crippen molar-refractivity contribution in [1.29, 1.82) is 0 Å². The van der Waals surface area contributed by atoms with Crippen molar-refractivity contribution in [3.05, 3.63) is 12.5 Å². The van der Waals surface area contributed by atoms with Gasteiger partial charge in [0, 0.05) is 13.1 Å². The van der Waals surface area contributed by atoms with E-state index in [9.17, 15) is 0 Å². The lowest BCUT2D eigenvalue weighted by Crippen LogP contribution is -2.22. The Morgan fingerprint density at radius 1 is 1.64 bits per heavy atom. The molecule has 3 N–H and O–H groups in total. The van der Waals surface area contributed by atoms with Crippen LogP contribution in [-0.4, -0.2) is 19.7 Å². The molecule has 0 unspecified atom stereocenters. The minimum atomic E-state index is 0.607. The van der Waals surface area contributed by atoms with E-state index in [1.165, 1.54) is 0 Å². The smallest absolute Gasteiger partial charge is 0.179 e. The molecular formula is C8H18N2O. The summed E-state index contributed by atoms with van der Waals surface area (Å²) >= 11 is 0. The minimum absolute atomic E-state index is 0.607. The monoisotopic (exact) mass is 158 g/mol. The Hall–Kier alpha value is -0.700. The molecule has 3 nitrogen and oxygen atoms in total. The standard InChI is InChI=1S/C8H18N2O/c1-3-4-7-11-8(2)10-6-5-9/h10H,2-7,9H2,1H3. The van der Waals surface area contributed by atoms with E-state index in [4.69, 9.17) is 10.5 Å². The van der Waals surface area contributed by atoms with Crippen molar-refractivity contribution in [2.75, 3.05) is 19.7 Å². The van der Waals surface area contributed by atoms with Crippen LogP contribution in [0.25, 0.3) is 0 Å². The minimum Gasteiger partial charge on any atom is -0.480 e. The molecular weight excluding hydrogens is 140 g/mol. The first-order valence-corrected chi connectivity index (χ1v) is 4.07. The quantitative estimate of drug-likeness (QED) is 0.426. The van der Waals surface area contributed by atoms with E-state index < -0.39 is 0 Å². The lowest BCUT2D eigenvalue weighted by atomic mass is 10.4. The highest BCUT2D eigenvalue weighted by Gasteiger charge is 1.90. The molecule has 0 aromatic heterocycles. The normalized spacial score (nSPS) is 9.27.